The van der Waals surface area contributed by atoms with Gasteiger partial charge in [0.1, 0.15) is 11.2 Å². The van der Waals surface area contributed by atoms with Crippen LogP contribution in [0.25, 0.3) is 95.2 Å². The van der Waals surface area contributed by atoms with Gasteiger partial charge in [-0.15, -0.1) is 0 Å². The molecule has 0 spiro atoms. The molecule has 0 saturated heterocycles. The molecule has 0 bridgehead atoms. The molecule has 1 aliphatic rings. The number of hydrogen-bond donors (Lipinski definition) is 0. The lowest BCUT2D eigenvalue weighted by atomic mass is 9.87. The van der Waals surface area contributed by atoms with E-state index in [4.69, 9.17) is 19.4 Å². The molecule has 240 valence electrons. The molecule has 0 N–H and O–H groups in total. The Morgan fingerprint density at radius 1 is 0.471 bits per heavy atom. The summed E-state index contributed by atoms with van der Waals surface area (Å²) in [4.78, 5) is 15.3. The van der Waals surface area contributed by atoms with Crippen LogP contribution in [0.2, 0.25) is 0 Å². The molecular formula is C47H31N3O. The van der Waals surface area contributed by atoms with Crippen molar-refractivity contribution in [3.8, 4) is 56.4 Å². The van der Waals surface area contributed by atoms with E-state index in [0.717, 1.165) is 62.6 Å². The van der Waals surface area contributed by atoms with Crippen molar-refractivity contribution in [2.75, 3.05) is 0 Å². The first kappa shape index (κ1) is 29.3. The molecule has 0 saturated carbocycles. The van der Waals surface area contributed by atoms with E-state index in [9.17, 15) is 0 Å². The molecule has 0 atom stereocenters. The van der Waals surface area contributed by atoms with Gasteiger partial charge in [0.25, 0.3) is 0 Å². The number of aromatic nitrogens is 3. The molecule has 0 amide bonds. The highest BCUT2D eigenvalue weighted by Crippen LogP contribution is 2.43. The molecule has 4 heteroatoms. The van der Waals surface area contributed by atoms with E-state index in [1.165, 1.54) is 33.0 Å². The van der Waals surface area contributed by atoms with Crippen molar-refractivity contribution >= 4 is 38.8 Å². The first-order valence-corrected chi connectivity index (χ1v) is 17.4. The molecule has 51 heavy (non-hydrogen) atoms. The van der Waals surface area contributed by atoms with Crippen molar-refractivity contribution < 1.29 is 4.42 Å². The summed E-state index contributed by atoms with van der Waals surface area (Å²) in [5, 5.41) is 4.53. The summed E-state index contributed by atoms with van der Waals surface area (Å²) in [6, 6.07) is 52.8. The van der Waals surface area contributed by atoms with Gasteiger partial charge in [-0.1, -0.05) is 152 Å². The summed E-state index contributed by atoms with van der Waals surface area (Å²) in [5.74, 6) is 1.86. The van der Waals surface area contributed by atoms with Crippen LogP contribution in [-0.2, 0) is 6.42 Å². The molecule has 10 rings (SSSR count). The Hall–Kier alpha value is -6.65. The van der Waals surface area contributed by atoms with Crippen LogP contribution in [0.4, 0.5) is 0 Å². The summed E-state index contributed by atoms with van der Waals surface area (Å²) in [6.07, 6.45) is 6.47. The Bertz CT molecular complexity index is 2780. The fraction of sp³-hybridized carbons (Fsp3) is 0.0426. The Labute approximate surface area is 295 Å². The summed E-state index contributed by atoms with van der Waals surface area (Å²) in [6.45, 7) is 0. The third-order valence-corrected chi connectivity index (χ3v) is 10.0. The second kappa shape index (κ2) is 12.0. The highest BCUT2D eigenvalue weighted by Gasteiger charge is 2.23. The number of nitrogens with zero attached hydrogens (tertiary/aromatic N) is 3. The molecule has 2 heterocycles. The maximum Gasteiger partial charge on any atom is 0.164 e. The number of benzene rings is 7. The van der Waals surface area contributed by atoms with E-state index in [2.05, 4.69) is 121 Å². The summed E-state index contributed by atoms with van der Waals surface area (Å²) in [7, 11) is 0. The lowest BCUT2D eigenvalue weighted by Gasteiger charge is -2.17. The highest BCUT2D eigenvalue weighted by molar-refractivity contribution is 6.15. The van der Waals surface area contributed by atoms with Crippen LogP contribution in [0.5, 0.6) is 0 Å². The third kappa shape index (κ3) is 5.03. The average Bonchev–Trinajstić information content (AvgIpc) is 3.60. The minimum atomic E-state index is 0.611. The molecule has 0 aliphatic heterocycles. The monoisotopic (exact) mass is 653 g/mol. The summed E-state index contributed by atoms with van der Waals surface area (Å²) < 4.78 is 6.70. The van der Waals surface area contributed by atoms with Gasteiger partial charge in [0.2, 0.25) is 0 Å². The second-order valence-electron chi connectivity index (χ2n) is 13.1. The molecule has 0 unspecified atom stereocenters. The molecule has 2 aromatic heterocycles. The second-order valence-corrected chi connectivity index (χ2v) is 13.1. The first-order valence-electron chi connectivity index (χ1n) is 17.4. The Balaban J connectivity index is 1.17. The van der Waals surface area contributed by atoms with Crippen LogP contribution in [0.15, 0.2) is 162 Å². The zero-order valence-corrected chi connectivity index (χ0v) is 27.8. The number of hydrogen-bond acceptors (Lipinski definition) is 4. The van der Waals surface area contributed by atoms with Crippen molar-refractivity contribution in [3.63, 3.8) is 0 Å². The predicted octanol–water partition coefficient (Wildman–Crippen LogP) is 12.2. The van der Waals surface area contributed by atoms with Gasteiger partial charge in [-0.3, -0.25) is 0 Å². The fourth-order valence-electron chi connectivity index (χ4n) is 7.58. The van der Waals surface area contributed by atoms with Crippen molar-refractivity contribution in [1.82, 2.24) is 15.0 Å². The van der Waals surface area contributed by atoms with Gasteiger partial charge in [0.15, 0.2) is 17.5 Å². The van der Waals surface area contributed by atoms with Gasteiger partial charge in [-0.05, 0) is 63.6 Å². The standard InChI is InChI=1S/C47H31N3O/c1-3-13-31(14-4-1)40-29-41-43-39(23-12-24-42(43)51-44(41)38-21-10-9-20-37(38)40)47-49-45(33-16-5-2-6-17-33)48-46(50-47)34-27-25-32(26-28-34)36-22-11-18-30-15-7-8-19-35(30)36/h1-8,10-19,21-29H,9,20H2. The SMILES string of the molecule is C1=Cc2c(c(-c3ccccc3)cc3c2oc2cccc(-c4nc(-c5ccccc5)nc(-c5ccc(-c6cccc7ccccc67)cc5)n4)c23)CC1. The largest absolute Gasteiger partial charge is 0.455 e. The van der Waals surface area contributed by atoms with Crippen LogP contribution in [0.1, 0.15) is 17.5 Å². The molecular weight excluding hydrogens is 623 g/mol. The van der Waals surface area contributed by atoms with Gasteiger partial charge in [0, 0.05) is 33.0 Å². The number of fused-ring (bicyclic) bond motifs is 6. The first-order chi connectivity index (χ1) is 25.3. The smallest absolute Gasteiger partial charge is 0.164 e. The molecule has 7 aromatic carbocycles. The van der Waals surface area contributed by atoms with Gasteiger partial charge in [-0.2, -0.15) is 0 Å². The van der Waals surface area contributed by atoms with Gasteiger partial charge < -0.3 is 4.42 Å². The zero-order valence-electron chi connectivity index (χ0n) is 27.8. The maximum atomic E-state index is 6.70. The van der Waals surface area contributed by atoms with E-state index in [-0.39, 0.29) is 0 Å². The lowest BCUT2D eigenvalue weighted by Crippen LogP contribution is -2.00. The predicted molar refractivity (Wildman–Crippen MR) is 209 cm³/mol. The molecule has 0 fully saturated rings. The summed E-state index contributed by atoms with van der Waals surface area (Å²) >= 11 is 0. The van der Waals surface area contributed by atoms with Crippen molar-refractivity contribution in [3.05, 3.63) is 169 Å². The molecule has 1 aliphatic carbocycles. The number of furan rings is 1. The maximum absolute atomic E-state index is 6.70. The minimum Gasteiger partial charge on any atom is -0.455 e. The highest BCUT2D eigenvalue weighted by atomic mass is 16.3. The number of rotatable bonds is 5. The van der Waals surface area contributed by atoms with Crippen LogP contribution in [0.3, 0.4) is 0 Å². The zero-order chi connectivity index (χ0) is 33.7. The quantitative estimate of drug-likeness (QED) is 0.185. The molecule has 9 aromatic rings. The van der Waals surface area contributed by atoms with Crippen molar-refractivity contribution in [2.24, 2.45) is 0 Å². The van der Waals surface area contributed by atoms with E-state index < -0.39 is 0 Å². The average molecular weight is 654 g/mol. The van der Waals surface area contributed by atoms with Crippen LogP contribution < -0.4 is 0 Å². The van der Waals surface area contributed by atoms with Crippen LogP contribution in [0, 0.1) is 0 Å². The Kier molecular flexibility index (Phi) is 6.91. The fourth-order valence-corrected chi connectivity index (χ4v) is 7.58. The van der Waals surface area contributed by atoms with E-state index >= 15 is 0 Å². The topological polar surface area (TPSA) is 51.8 Å². The van der Waals surface area contributed by atoms with Gasteiger partial charge in [-0.25, -0.2) is 15.0 Å². The Morgan fingerprint density at radius 3 is 1.88 bits per heavy atom. The van der Waals surface area contributed by atoms with E-state index in [1.54, 1.807) is 0 Å². The number of allylic oxidation sites excluding steroid dienone is 1. The normalized spacial score (nSPS) is 12.5. The van der Waals surface area contributed by atoms with Crippen molar-refractivity contribution in [1.29, 1.82) is 0 Å². The third-order valence-electron chi connectivity index (χ3n) is 10.0. The van der Waals surface area contributed by atoms with Crippen LogP contribution in [-0.4, -0.2) is 15.0 Å². The van der Waals surface area contributed by atoms with E-state index in [1.807, 2.05) is 42.5 Å². The van der Waals surface area contributed by atoms with Gasteiger partial charge >= 0.3 is 0 Å². The van der Waals surface area contributed by atoms with Crippen molar-refractivity contribution in [2.45, 2.75) is 12.8 Å². The molecule has 4 nitrogen and oxygen atoms in total. The Morgan fingerprint density at radius 2 is 1.08 bits per heavy atom. The molecule has 0 radical (unpaired) electrons. The van der Waals surface area contributed by atoms with E-state index in [0.29, 0.717) is 17.5 Å². The summed E-state index contributed by atoms with van der Waals surface area (Å²) in [5.41, 5.74) is 11.8. The van der Waals surface area contributed by atoms with Crippen LogP contribution >= 0.6 is 0 Å². The lowest BCUT2D eigenvalue weighted by molar-refractivity contribution is 0.667. The van der Waals surface area contributed by atoms with Gasteiger partial charge in [0.05, 0.1) is 0 Å². The minimum absolute atomic E-state index is 0.611.